The second kappa shape index (κ2) is 11.5. The Labute approximate surface area is 221 Å². The first-order valence-electron chi connectivity index (χ1n) is 12.1. The topological polar surface area (TPSA) is 121 Å². The van der Waals surface area contributed by atoms with E-state index >= 15 is 0 Å². The maximum atomic E-state index is 10.7. The van der Waals surface area contributed by atoms with Crippen molar-refractivity contribution in [1.29, 1.82) is 10.8 Å². The highest BCUT2D eigenvalue weighted by Gasteiger charge is 2.24. The van der Waals surface area contributed by atoms with Crippen LogP contribution in [0.15, 0.2) is 67.1 Å². The van der Waals surface area contributed by atoms with Gasteiger partial charge in [0.1, 0.15) is 17.3 Å². The van der Waals surface area contributed by atoms with E-state index in [2.05, 4.69) is 14.9 Å². The molecular weight excluding hydrogens is 484 g/mol. The predicted octanol–water partition coefficient (Wildman–Crippen LogP) is 5.49. The summed E-state index contributed by atoms with van der Waals surface area (Å²) in [5.74, 6) is 0.241. The molecule has 9 heteroatoms. The zero-order chi connectivity index (χ0) is 26.5. The average molecular weight is 517 g/mol. The molecule has 0 aliphatic carbocycles. The molecule has 8 nitrogen and oxygen atoms in total. The van der Waals surface area contributed by atoms with Gasteiger partial charge in [0.25, 0.3) is 0 Å². The number of nitrogens with one attached hydrogen (secondary N) is 3. The number of fused-ring (bicyclic) bond motifs is 1. The standard InChI is InChI=1S/C28H32N6O2S/c1-18(2)22-14-23(26(36)15-25(22)35)27(29)34(28(30)37-17-19-5-4-9-32-16-19)21-6-7-24-20(13-21)8-11-33(24)12-10-31-3/h4-9,11,13-16,18,29-31,35-36H,10,12,17H2,1-3H3. The molecule has 0 saturated carbocycles. The lowest BCUT2D eigenvalue weighted by molar-refractivity contribution is 0.443. The lowest BCUT2D eigenvalue weighted by Gasteiger charge is -2.26. The molecule has 0 aliphatic heterocycles. The summed E-state index contributed by atoms with van der Waals surface area (Å²) in [6.07, 6.45) is 5.50. The van der Waals surface area contributed by atoms with E-state index in [1.54, 1.807) is 18.5 Å². The fraction of sp³-hybridized carbons (Fsp3) is 0.250. The van der Waals surface area contributed by atoms with Gasteiger partial charge in [0.2, 0.25) is 0 Å². The Morgan fingerprint density at radius 3 is 2.62 bits per heavy atom. The summed E-state index contributed by atoms with van der Waals surface area (Å²) < 4.78 is 2.16. The molecule has 0 radical (unpaired) electrons. The zero-order valence-corrected chi connectivity index (χ0v) is 22.0. The number of amidine groups is 2. The number of thioether (sulfide) groups is 1. The van der Waals surface area contributed by atoms with Gasteiger partial charge in [-0.1, -0.05) is 31.7 Å². The molecule has 2 aromatic carbocycles. The Balaban J connectivity index is 1.74. The molecule has 0 fully saturated rings. The van der Waals surface area contributed by atoms with Crippen molar-refractivity contribution in [3.8, 4) is 11.5 Å². The number of aromatic hydroxyl groups is 2. The smallest absolute Gasteiger partial charge is 0.167 e. The van der Waals surface area contributed by atoms with Crippen LogP contribution in [-0.2, 0) is 12.3 Å². The first-order valence-corrected chi connectivity index (χ1v) is 13.1. The van der Waals surface area contributed by atoms with Crippen molar-refractivity contribution < 1.29 is 10.2 Å². The number of rotatable bonds is 8. The first-order chi connectivity index (χ1) is 17.8. The van der Waals surface area contributed by atoms with Gasteiger partial charge in [-0.05, 0) is 60.5 Å². The van der Waals surface area contributed by atoms with Crippen LogP contribution in [-0.4, -0.2) is 44.4 Å². The molecule has 4 aromatic rings. The summed E-state index contributed by atoms with van der Waals surface area (Å²) in [6.45, 7) is 5.55. The monoisotopic (exact) mass is 516 g/mol. The van der Waals surface area contributed by atoms with E-state index in [0.717, 1.165) is 29.6 Å². The quantitative estimate of drug-likeness (QED) is 0.156. The number of hydrogen-bond donors (Lipinski definition) is 5. The number of aromatic nitrogens is 2. The summed E-state index contributed by atoms with van der Waals surface area (Å²) in [7, 11) is 1.92. The summed E-state index contributed by atoms with van der Waals surface area (Å²) in [4.78, 5) is 5.68. The molecule has 2 heterocycles. The van der Waals surface area contributed by atoms with Crippen molar-refractivity contribution in [3.63, 3.8) is 0 Å². The van der Waals surface area contributed by atoms with Crippen LogP contribution in [0.5, 0.6) is 11.5 Å². The van der Waals surface area contributed by atoms with Gasteiger partial charge in [0.05, 0.1) is 11.3 Å². The van der Waals surface area contributed by atoms with Crippen LogP contribution >= 0.6 is 11.8 Å². The Morgan fingerprint density at radius 2 is 1.92 bits per heavy atom. The maximum absolute atomic E-state index is 10.7. The molecule has 0 aliphatic rings. The largest absolute Gasteiger partial charge is 0.508 e. The summed E-state index contributed by atoms with van der Waals surface area (Å²) in [6, 6.07) is 14.6. The van der Waals surface area contributed by atoms with Crippen LogP contribution in [0.3, 0.4) is 0 Å². The number of phenolic OH excluding ortho intramolecular Hbond substituents is 2. The second-order valence-electron chi connectivity index (χ2n) is 9.08. The van der Waals surface area contributed by atoms with E-state index < -0.39 is 0 Å². The number of nitrogens with zero attached hydrogens (tertiary/aromatic N) is 3. The van der Waals surface area contributed by atoms with Gasteiger partial charge < -0.3 is 20.1 Å². The van der Waals surface area contributed by atoms with Crippen LogP contribution in [0.4, 0.5) is 5.69 Å². The minimum Gasteiger partial charge on any atom is -0.508 e. The Kier molecular flexibility index (Phi) is 8.15. The summed E-state index contributed by atoms with van der Waals surface area (Å²) in [5, 5.41) is 43.4. The van der Waals surface area contributed by atoms with Crippen molar-refractivity contribution in [1.82, 2.24) is 14.9 Å². The Bertz CT molecular complexity index is 1420. The van der Waals surface area contributed by atoms with E-state index in [1.165, 1.54) is 22.7 Å². The number of pyridine rings is 1. The van der Waals surface area contributed by atoms with Gasteiger partial charge in [-0.2, -0.15) is 0 Å². The van der Waals surface area contributed by atoms with Gasteiger partial charge in [0, 0.05) is 54.4 Å². The van der Waals surface area contributed by atoms with Gasteiger partial charge >= 0.3 is 0 Å². The second-order valence-corrected chi connectivity index (χ2v) is 10.0. The Hall–Kier alpha value is -3.82. The van der Waals surface area contributed by atoms with Crippen LogP contribution in [0.1, 0.15) is 36.5 Å². The highest BCUT2D eigenvalue weighted by molar-refractivity contribution is 8.13. The van der Waals surface area contributed by atoms with Gasteiger partial charge in [-0.3, -0.25) is 20.7 Å². The third kappa shape index (κ3) is 5.79. The molecule has 4 rings (SSSR count). The maximum Gasteiger partial charge on any atom is 0.167 e. The molecule has 0 atom stereocenters. The predicted molar refractivity (Wildman–Crippen MR) is 152 cm³/mol. The third-order valence-corrected chi connectivity index (χ3v) is 7.10. The number of benzene rings is 2. The molecule has 0 spiro atoms. The minimum absolute atomic E-state index is 0.00580. The van der Waals surface area contributed by atoms with Crippen molar-refractivity contribution in [2.24, 2.45) is 0 Å². The molecule has 5 N–H and O–H groups in total. The molecule has 0 saturated heterocycles. The fourth-order valence-corrected chi connectivity index (χ4v) is 4.97. The molecule has 37 heavy (non-hydrogen) atoms. The van der Waals surface area contributed by atoms with Crippen molar-refractivity contribution in [2.75, 3.05) is 18.5 Å². The van der Waals surface area contributed by atoms with E-state index in [1.807, 2.05) is 63.5 Å². The molecule has 192 valence electrons. The van der Waals surface area contributed by atoms with E-state index in [0.29, 0.717) is 17.0 Å². The van der Waals surface area contributed by atoms with Gasteiger partial charge in [0.15, 0.2) is 5.17 Å². The average Bonchev–Trinajstić information content (AvgIpc) is 3.29. The normalized spacial score (nSPS) is 11.2. The fourth-order valence-electron chi connectivity index (χ4n) is 4.17. The van der Waals surface area contributed by atoms with Crippen LogP contribution in [0, 0.1) is 10.8 Å². The van der Waals surface area contributed by atoms with Crippen LogP contribution < -0.4 is 10.2 Å². The summed E-state index contributed by atoms with van der Waals surface area (Å²) in [5.41, 5.74) is 3.56. The molecule has 0 amide bonds. The van der Waals surface area contributed by atoms with Crippen molar-refractivity contribution in [3.05, 3.63) is 83.8 Å². The summed E-state index contributed by atoms with van der Waals surface area (Å²) >= 11 is 1.28. The number of phenols is 2. The van der Waals surface area contributed by atoms with E-state index in [-0.39, 0.29) is 34.0 Å². The molecule has 2 aromatic heterocycles. The van der Waals surface area contributed by atoms with Crippen LogP contribution in [0.2, 0.25) is 0 Å². The highest BCUT2D eigenvalue weighted by atomic mass is 32.2. The van der Waals surface area contributed by atoms with Gasteiger partial charge in [-0.15, -0.1) is 0 Å². The van der Waals surface area contributed by atoms with Crippen molar-refractivity contribution in [2.45, 2.75) is 32.1 Å². The third-order valence-electron chi connectivity index (χ3n) is 6.16. The van der Waals surface area contributed by atoms with E-state index in [4.69, 9.17) is 10.8 Å². The van der Waals surface area contributed by atoms with Crippen LogP contribution in [0.25, 0.3) is 10.9 Å². The molecule has 0 unspecified atom stereocenters. The molecular formula is C28H32N6O2S. The lowest BCUT2D eigenvalue weighted by atomic mass is 9.98. The Morgan fingerprint density at radius 1 is 1.11 bits per heavy atom. The lowest BCUT2D eigenvalue weighted by Crippen LogP contribution is -2.35. The minimum atomic E-state index is -0.207. The first kappa shape index (κ1) is 26.2. The number of anilines is 1. The van der Waals surface area contributed by atoms with Gasteiger partial charge in [-0.25, -0.2) is 0 Å². The van der Waals surface area contributed by atoms with Crippen molar-refractivity contribution >= 4 is 39.4 Å². The highest BCUT2D eigenvalue weighted by Crippen LogP contribution is 2.35. The van der Waals surface area contributed by atoms with E-state index in [9.17, 15) is 10.2 Å². The molecule has 0 bridgehead atoms. The SMILES string of the molecule is CNCCn1ccc2cc(N(C(=N)SCc3cccnc3)C(=N)c3cc(C(C)C)c(O)cc3O)ccc21. The zero-order valence-electron chi connectivity index (χ0n) is 21.2. The number of likely N-dealkylation sites (N-methyl/N-ethyl adjacent to an activating group) is 1. The number of hydrogen-bond acceptors (Lipinski definition) is 7.